The fraction of sp³-hybridized carbons (Fsp3) is 0.0588. The van der Waals surface area contributed by atoms with E-state index in [-0.39, 0.29) is 5.91 Å². The number of aromatic amines is 1. The summed E-state index contributed by atoms with van der Waals surface area (Å²) in [5.74, 6) is -0.226. The largest absolute Gasteiger partial charge is 0.321 e. The first kappa shape index (κ1) is 15.6. The van der Waals surface area contributed by atoms with Crippen LogP contribution in [0.15, 0.2) is 59.5 Å². The molecule has 2 aromatic carbocycles. The van der Waals surface area contributed by atoms with Crippen molar-refractivity contribution in [3.05, 3.63) is 65.3 Å². The van der Waals surface area contributed by atoms with Crippen molar-refractivity contribution in [2.75, 3.05) is 11.6 Å². The highest BCUT2D eigenvalue weighted by molar-refractivity contribution is 7.98. The van der Waals surface area contributed by atoms with Crippen molar-refractivity contribution >= 4 is 35.0 Å². The molecule has 3 rings (SSSR count). The zero-order valence-electron chi connectivity index (χ0n) is 12.3. The maximum absolute atomic E-state index is 12.3. The number of hydrogen-bond acceptors (Lipinski definition) is 3. The third-order valence-corrected chi connectivity index (χ3v) is 4.27. The number of benzene rings is 2. The standard InChI is InChI=1S/C17H14ClN3OS/c1-23-14-4-2-3-13(9-14)19-17(22)16-10-15(20-21-16)11-5-7-12(18)8-6-11/h2-10H,1H3,(H,19,22)(H,20,21). The van der Waals surface area contributed by atoms with Gasteiger partial charge in [0.15, 0.2) is 0 Å². The van der Waals surface area contributed by atoms with E-state index >= 15 is 0 Å². The second-order valence-corrected chi connectivity index (χ2v) is 6.18. The molecular weight excluding hydrogens is 330 g/mol. The predicted octanol–water partition coefficient (Wildman–Crippen LogP) is 4.70. The van der Waals surface area contributed by atoms with Crippen LogP contribution in [-0.2, 0) is 0 Å². The van der Waals surface area contributed by atoms with E-state index in [0.717, 1.165) is 16.1 Å². The zero-order valence-corrected chi connectivity index (χ0v) is 13.9. The van der Waals surface area contributed by atoms with Crippen molar-refractivity contribution in [2.45, 2.75) is 4.90 Å². The number of halogens is 1. The summed E-state index contributed by atoms with van der Waals surface area (Å²) in [4.78, 5) is 13.4. The minimum Gasteiger partial charge on any atom is -0.321 e. The van der Waals surface area contributed by atoms with Crippen LogP contribution in [0.1, 0.15) is 10.5 Å². The molecule has 0 bridgehead atoms. The number of nitrogens with zero attached hydrogens (tertiary/aromatic N) is 1. The third kappa shape index (κ3) is 3.75. The molecule has 23 heavy (non-hydrogen) atoms. The van der Waals surface area contributed by atoms with Crippen molar-refractivity contribution in [3.63, 3.8) is 0 Å². The van der Waals surface area contributed by atoms with Crippen LogP contribution in [-0.4, -0.2) is 22.4 Å². The quantitative estimate of drug-likeness (QED) is 0.675. The molecule has 0 aliphatic heterocycles. The first-order chi connectivity index (χ1) is 11.2. The van der Waals surface area contributed by atoms with Gasteiger partial charge in [-0.25, -0.2) is 0 Å². The van der Waals surface area contributed by atoms with Gasteiger partial charge in [0.25, 0.3) is 5.91 Å². The van der Waals surface area contributed by atoms with Crippen LogP contribution in [0.3, 0.4) is 0 Å². The molecular formula is C17H14ClN3OS. The molecule has 0 aliphatic rings. The Hall–Kier alpha value is -2.24. The Morgan fingerprint density at radius 1 is 1.17 bits per heavy atom. The number of hydrogen-bond donors (Lipinski definition) is 2. The van der Waals surface area contributed by atoms with Crippen molar-refractivity contribution in [3.8, 4) is 11.3 Å². The van der Waals surface area contributed by atoms with Crippen LogP contribution < -0.4 is 5.32 Å². The number of H-pyrrole nitrogens is 1. The van der Waals surface area contributed by atoms with Crippen molar-refractivity contribution in [2.24, 2.45) is 0 Å². The molecule has 3 aromatic rings. The molecule has 6 heteroatoms. The Kier molecular flexibility index (Phi) is 4.69. The van der Waals surface area contributed by atoms with Gasteiger partial charge in [0.2, 0.25) is 0 Å². The highest BCUT2D eigenvalue weighted by Crippen LogP contribution is 2.22. The molecule has 4 nitrogen and oxygen atoms in total. The molecule has 0 fully saturated rings. The number of thioether (sulfide) groups is 1. The van der Waals surface area contributed by atoms with Gasteiger partial charge in [0.05, 0.1) is 5.69 Å². The molecule has 0 unspecified atom stereocenters. The number of aromatic nitrogens is 2. The molecule has 0 aliphatic carbocycles. The molecule has 1 aromatic heterocycles. The lowest BCUT2D eigenvalue weighted by Crippen LogP contribution is -2.12. The molecule has 116 valence electrons. The monoisotopic (exact) mass is 343 g/mol. The van der Waals surface area contributed by atoms with E-state index in [1.54, 1.807) is 30.0 Å². The topological polar surface area (TPSA) is 57.8 Å². The fourth-order valence-corrected chi connectivity index (χ4v) is 2.69. The molecule has 0 saturated heterocycles. The number of carbonyl (C=O) groups excluding carboxylic acids is 1. The maximum atomic E-state index is 12.3. The fourth-order valence-electron chi connectivity index (χ4n) is 2.11. The minimum absolute atomic E-state index is 0.226. The Labute approximate surface area is 143 Å². The number of anilines is 1. The minimum atomic E-state index is -0.226. The molecule has 0 radical (unpaired) electrons. The summed E-state index contributed by atoms with van der Waals surface area (Å²) in [5.41, 5.74) is 2.76. The Morgan fingerprint density at radius 3 is 2.70 bits per heavy atom. The van der Waals surface area contributed by atoms with Gasteiger partial charge in [-0.1, -0.05) is 29.8 Å². The van der Waals surface area contributed by atoms with Crippen LogP contribution in [0.5, 0.6) is 0 Å². The lowest BCUT2D eigenvalue weighted by Gasteiger charge is -2.04. The summed E-state index contributed by atoms with van der Waals surface area (Å²) in [6.45, 7) is 0. The van der Waals surface area contributed by atoms with E-state index in [0.29, 0.717) is 16.4 Å². The normalized spacial score (nSPS) is 10.5. The summed E-state index contributed by atoms with van der Waals surface area (Å²) in [7, 11) is 0. The van der Waals surface area contributed by atoms with Gasteiger partial charge in [0.1, 0.15) is 5.69 Å². The van der Waals surface area contributed by atoms with Gasteiger partial charge in [-0.05, 0) is 42.7 Å². The second-order valence-electron chi connectivity index (χ2n) is 4.86. The molecule has 2 N–H and O–H groups in total. The van der Waals surface area contributed by atoms with E-state index in [9.17, 15) is 4.79 Å². The molecule has 0 saturated carbocycles. The average molecular weight is 344 g/mol. The lowest BCUT2D eigenvalue weighted by atomic mass is 10.1. The van der Waals surface area contributed by atoms with Crippen molar-refractivity contribution in [1.82, 2.24) is 10.2 Å². The van der Waals surface area contributed by atoms with Crippen LogP contribution >= 0.6 is 23.4 Å². The van der Waals surface area contributed by atoms with Gasteiger partial charge in [-0.15, -0.1) is 11.8 Å². The maximum Gasteiger partial charge on any atom is 0.273 e. The third-order valence-electron chi connectivity index (χ3n) is 3.29. The molecule has 0 spiro atoms. The summed E-state index contributed by atoms with van der Waals surface area (Å²) < 4.78 is 0. The highest BCUT2D eigenvalue weighted by Gasteiger charge is 2.11. The van der Waals surface area contributed by atoms with Gasteiger partial charge in [-0.3, -0.25) is 9.89 Å². The van der Waals surface area contributed by atoms with E-state index in [1.165, 1.54) is 0 Å². The Morgan fingerprint density at radius 2 is 1.96 bits per heavy atom. The van der Waals surface area contributed by atoms with Crippen LogP contribution in [0.4, 0.5) is 5.69 Å². The average Bonchev–Trinajstić information content (AvgIpc) is 3.06. The molecule has 1 heterocycles. The number of rotatable bonds is 4. The number of amides is 1. The van der Waals surface area contributed by atoms with Crippen LogP contribution in [0.2, 0.25) is 5.02 Å². The van der Waals surface area contributed by atoms with E-state index < -0.39 is 0 Å². The van der Waals surface area contributed by atoms with Gasteiger partial charge >= 0.3 is 0 Å². The van der Waals surface area contributed by atoms with Gasteiger partial charge in [-0.2, -0.15) is 5.10 Å². The SMILES string of the molecule is CSc1cccc(NC(=O)c2cc(-c3ccc(Cl)cc3)n[nH]2)c1. The first-order valence-corrected chi connectivity index (χ1v) is 8.53. The van der Waals surface area contributed by atoms with Gasteiger partial charge < -0.3 is 5.32 Å². The summed E-state index contributed by atoms with van der Waals surface area (Å²) >= 11 is 7.50. The van der Waals surface area contributed by atoms with Crippen molar-refractivity contribution < 1.29 is 4.79 Å². The Balaban J connectivity index is 1.76. The van der Waals surface area contributed by atoms with Crippen LogP contribution in [0, 0.1) is 0 Å². The smallest absolute Gasteiger partial charge is 0.273 e. The van der Waals surface area contributed by atoms with E-state index in [2.05, 4.69) is 15.5 Å². The summed E-state index contributed by atoms with van der Waals surface area (Å²) in [5, 5.41) is 10.5. The molecule has 0 atom stereocenters. The van der Waals surface area contributed by atoms with E-state index in [4.69, 9.17) is 11.6 Å². The van der Waals surface area contributed by atoms with Gasteiger partial charge in [0, 0.05) is 21.2 Å². The zero-order chi connectivity index (χ0) is 16.2. The second kappa shape index (κ2) is 6.89. The highest BCUT2D eigenvalue weighted by atomic mass is 35.5. The van der Waals surface area contributed by atoms with Crippen molar-refractivity contribution in [1.29, 1.82) is 0 Å². The van der Waals surface area contributed by atoms with Crippen LogP contribution in [0.25, 0.3) is 11.3 Å². The number of carbonyl (C=O) groups is 1. The molecule has 1 amide bonds. The number of nitrogens with one attached hydrogen (secondary N) is 2. The Bertz CT molecular complexity index is 830. The lowest BCUT2D eigenvalue weighted by molar-refractivity contribution is 0.102. The van der Waals surface area contributed by atoms with E-state index in [1.807, 2.05) is 42.7 Å². The summed E-state index contributed by atoms with van der Waals surface area (Å²) in [6, 6.07) is 16.7. The first-order valence-electron chi connectivity index (χ1n) is 6.92. The summed E-state index contributed by atoms with van der Waals surface area (Å²) in [6.07, 6.45) is 1.99. The predicted molar refractivity (Wildman–Crippen MR) is 95.2 cm³/mol.